The normalized spacial score (nSPS) is 11.8. The molecule has 25 heavy (non-hydrogen) atoms. The maximum absolute atomic E-state index is 5.43. The number of aliphatic imine (C=N–C) groups is 1. The minimum Gasteiger partial charge on any atom is -0.382 e. The summed E-state index contributed by atoms with van der Waals surface area (Å²) in [6.45, 7) is 6.29. The Hall–Kier alpha value is -2.19. The number of hydrogen-bond donors (Lipinski definition) is 2. The minimum atomic E-state index is 0.630. The molecule has 2 aromatic rings. The van der Waals surface area contributed by atoms with E-state index in [4.69, 9.17) is 9.47 Å². The summed E-state index contributed by atoms with van der Waals surface area (Å²) >= 11 is 0. The molecular formula is C17H28N6O2. The third-order valence-corrected chi connectivity index (χ3v) is 3.52. The fourth-order valence-electron chi connectivity index (χ4n) is 2.30. The second kappa shape index (κ2) is 11.4. The van der Waals surface area contributed by atoms with E-state index in [-0.39, 0.29) is 0 Å². The van der Waals surface area contributed by atoms with Gasteiger partial charge in [-0.05, 0) is 25.5 Å². The van der Waals surface area contributed by atoms with Gasteiger partial charge in [0.2, 0.25) is 0 Å². The topological polar surface area (TPSA) is 85.1 Å². The quantitative estimate of drug-likeness (QED) is 0.356. The van der Waals surface area contributed by atoms with Crippen LogP contribution in [0.15, 0.2) is 29.4 Å². The molecule has 2 aromatic heterocycles. The lowest BCUT2D eigenvalue weighted by Gasteiger charge is -2.11. The van der Waals surface area contributed by atoms with Gasteiger partial charge in [0.15, 0.2) is 11.6 Å². The van der Waals surface area contributed by atoms with Gasteiger partial charge < -0.3 is 20.1 Å². The van der Waals surface area contributed by atoms with Crippen molar-refractivity contribution >= 4 is 11.6 Å². The highest BCUT2D eigenvalue weighted by atomic mass is 16.5. The summed E-state index contributed by atoms with van der Waals surface area (Å²) in [6.07, 6.45) is 3.64. The Morgan fingerprint density at radius 1 is 1.20 bits per heavy atom. The molecule has 8 heteroatoms. The van der Waals surface area contributed by atoms with Crippen molar-refractivity contribution in [1.29, 1.82) is 0 Å². The van der Waals surface area contributed by atoms with E-state index in [2.05, 4.69) is 32.7 Å². The van der Waals surface area contributed by atoms with Crippen LogP contribution in [0.1, 0.15) is 19.2 Å². The average molecular weight is 348 g/mol. The van der Waals surface area contributed by atoms with E-state index in [9.17, 15) is 0 Å². The number of nitrogens with one attached hydrogen (secondary N) is 2. The number of guanidine groups is 1. The lowest BCUT2D eigenvalue weighted by molar-refractivity contribution is 0.0702. The van der Waals surface area contributed by atoms with Gasteiger partial charge in [-0.15, -0.1) is 10.2 Å². The maximum Gasteiger partial charge on any atom is 0.191 e. The van der Waals surface area contributed by atoms with Gasteiger partial charge in [-0.1, -0.05) is 6.07 Å². The van der Waals surface area contributed by atoms with Gasteiger partial charge in [0.1, 0.15) is 5.82 Å². The third-order valence-electron chi connectivity index (χ3n) is 3.52. The number of aromatic nitrogens is 3. The van der Waals surface area contributed by atoms with Crippen LogP contribution in [0.4, 0.5) is 0 Å². The second-order valence-corrected chi connectivity index (χ2v) is 5.44. The monoisotopic (exact) mass is 348 g/mol. The van der Waals surface area contributed by atoms with E-state index in [1.807, 2.05) is 28.8 Å². The van der Waals surface area contributed by atoms with Crippen molar-refractivity contribution < 1.29 is 9.47 Å². The average Bonchev–Trinajstić information content (AvgIpc) is 3.04. The molecule has 0 amide bonds. The van der Waals surface area contributed by atoms with Gasteiger partial charge in [-0.2, -0.15) is 0 Å². The largest absolute Gasteiger partial charge is 0.382 e. The predicted molar refractivity (Wildman–Crippen MR) is 98.0 cm³/mol. The summed E-state index contributed by atoms with van der Waals surface area (Å²) in [6, 6.07) is 5.89. The molecular weight excluding hydrogens is 320 g/mol. The molecule has 138 valence electrons. The summed E-state index contributed by atoms with van der Waals surface area (Å²) in [5.74, 6) is 1.75. The van der Waals surface area contributed by atoms with Crippen LogP contribution in [-0.4, -0.2) is 67.1 Å². The van der Waals surface area contributed by atoms with Gasteiger partial charge in [0.05, 0.1) is 13.2 Å². The van der Waals surface area contributed by atoms with E-state index >= 15 is 0 Å². The fraction of sp³-hybridized carbons (Fsp3) is 0.588. The van der Waals surface area contributed by atoms with Gasteiger partial charge in [-0.3, -0.25) is 9.39 Å². The molecule has 0 fully saturated rings. The zero-order chi connectivity index (χ0) is 17.7. The zero-order valence-electron chi connectivity index (χ0n) is 15.1. The van der Waals surface area contributed by atoms with Crippen LogP contribution in [0.3, 0.4) is 0 Å². The van der Waals surface area contributed by atoms with Crippen LogP contribution in [0, 0.1) is 0 Å². The van der Waals surface area contributed by atoms with Gasteiger partial charge in [0.25, 0.3) is 0 Å². The molecule has 2 rings (SSSR count). The standard InChI is InChI=1S/C17H28N6O2/c1-3-18-17(19-9-6-12-25-14-13-24-2)20-10-8-16-22-21-15-7-4-5-11-23(15)16/h4-5,7,11H,3,6,8-10,12-14H2,1-2H3,(H2,18,19,20). The first-order valence-electron chi connectivity index (χ1n) is 8.72. The Morgan fingerprint density at radius 3 is 2.96 bits per heavy atom. The number of methoxy groups -OCH3 is 1. The van der Waals surface area contributed by atoms with Crippen LogP contribution < -0.4 is 10.6 Å². The number of nitrogens with zero attached hydrogens (tertiary/aromatic N) is 4. The number of hydrogen-bond acceptors (Lipinski definition) is 5. The molecule has 0 atom stereocenters. The third kappa shape index (κ3) is 6.67. The maximum atomic E-state index is 5.43. The van der Waals surface area contributed by atoms with Crippen molar-refractivity contribution in [1.82, 2.24) is 25.2 Å². The molecule has 0 spiro atoms. The van der Waals surface area contributed by atoms with E-state index in [1.54, 1.807) is 7.11 Å². The first-order chi connectivity index (χ1) is 12.3. The summed E-state index contributed by atoms with van der Waals surface area (Å²) in [5, 5.41) is 15.0. The van der Waals surface area contributed by atoms with E-state index < -0.39 is 0 Å². The molecule has 0 saturated carbocycles. The van der Waals surface area contributed by atoms with Crippen molar-refractivity contribution in [3.05, 3.63) is 30.2 Å². The van der Waals surface area contributed by atoms with Crippen LogP contribution in [-0.2, 0) is 15.9 Å². The highest BCUT2D eigenvalue weighted by Gasteiger charge is 2.04. The Balaban J connectivity index is 1.72. The summed E-state index contributed by atoms with van der Waals surface area (Å²) < 4.78 is 12.4. The molecule has 0 aliphatic heterocycles. The minimum absolute atomic E-state index is 0.630. The van der Waals surface area contributed by atoms with E-state index in [0.717, 1.165) is 49.9 Å². The summed E-state index contributed by atoms with van der Waals surface area (Å²) in [4.78, 5) is 4.55. The zero-order valence-corrected chi connectivity index (χ0v) is 15.1. The molecule has 0 aromatic carbocycles. The van der Waals surface area contributed by atoms with E-state index in [1.165, 1.54) is 0 Å². The highest BCUT2D eigenvalue weighted by Crippen LogP contribution is 2.02. The fourth-order valence-corrected chi connectivity index (χ4v) is 2.30. The van der Waals surface area contributed by atoms with Crippen molar-refractivity contribution in [2.45, 2.75) is 19.8 Å². The molecule has 8 nitrogen and oxygen atoms in total. The molecule has 0 unspecified atom stereocenters. The Kier molecular flexibility index (Phi) is 8.71. The van der Waals surface area contributed by atoms with Crippen LogP contribution in [0.2, 0.25) is 0 Å². The van der Waals surface area contributed by atoms with Crippen LogP contribution >= 0.6 is 0 Å². The lowest BCUT2D eigenvalue weighted by Crippen LogP contribution is -2.38. The molecule has 0 aliphatic carbocycles. The predicted octanol–water partition coefficient (Wildman–Crippen LogP) is 0.880. The number of fused-ring (bicyclic) bond motifs is 1. The van der Waals surface area contributed by atoms with Crippen LogP contribution in [0.5, 0.6) is 0 Å². The Labute approximate surface area is 148 Å². The van der Waals surface area contributed by atoms with Crippen molar-refractivity contribution in [2.24, 2.45) is 4.99 Å². The van der Waals surface area contributed by atoms with Gasteiger partial charge in [-0.25, -0.2) is 0 Å². The number of rotatable bonds is 11. The van der Waals surface area contributed by atoms with Crippen molar-refractivity contribution in [3.8, 4) is 0 Å². The van der Waals surface area contributed by atoms with Gasteiger partial charge in [0, 0.05) is 46.0 Å². The smallest absolute Gasteiger partial charge is 0.191 e. The molecule has 0 saturated heterocycles. The van der Waals surface area contributed by atoms with E-state index in [0.29, 0.717) is 19.8 Å². The molecule has 0 aliphatic rings. The molecule has 2 heterocycles. The molecule has 2 N–H and O–H groups in total. The SMILES string of the molecule is CCNC(=NCCCOCCOC)NCCc1nnc2ccccn12. The second-order valence-electron chi connectivity index (χ2n) is 5.44. The molecule has 0 bridgehead atoms. The number of pyridine rings is 1. The summed E-state index contributed by atoms with van der Waals surface area (Å²) in [5.41, 5.74) is 0.867. The summed E-state index contributed by atoms with van der Waals surface area (Å²) in [7, 11) is 1.67. The highest BCUT2D eigenvalue weighted by molar-refractivity contribution is 5.79. The van der Waals surface area contributed by atoms with Crippen molar-refractivity contribution in [3.63, 3.8) is 0 Å². The lowest BCUT2D eigenvalue weighted by atomic mass is 10.4. The molecule has 0 radical (unpaired) electrons. The first-order valence-corrected chi connectivity index (χ1v) is 8.72. The number of ether oxygens (including phenoxy) is 2. The van der Waals surface area contributed by atoms with Crippen LogP contribution in [0.25, 0.3) is 5.65 Å². The first kappa shape index (κ1) is 19.1. The van der Waals surface area contributed by atoms with Gasteiger partial charge >= 0.3 is 0 Å². The Morgan fingerprint density at radius 2 is 2.12 bits per heavy atom. The van der Waals surface area contributed by atoms with Crippen molar-refractivity contribution in [2.75, 3.05) is 46.6 Å². The Bertz CT molecular complexity index is 643.